The number of rotatable bonds is 39. The number of anilines is 9. The number of nitrogens with zero attached hydrogens (tertiary/aromatic N) is 15. The number of fused-ring (bicyclic) bond motifs is 3. The minimum atomic E-state index is -5.12. The molecule has 143 heavy (non-hydrogen) atoms. The van der Waals surface area contributed by atoms with Gasteiger partial charge in [-0.1, -0.05) is 143 Å². The molecule has 0 unspecified atom stereocenters. The van der Waals surface area contributed by atoms with E-state index in [4.69, 9.17) is 27.8 Å². The molecule has 3 atom stereocenters. The maximum absolute atomic E-state index is 19.2. The number of hydrogen-bond donors (Lipinski definition) is 6. The molecule has 3 saturated heterocycles. The molecule has 31 nitrogen and oxygen atoms in total. The summed E-state index contributed by atoms with van der Waals surface area (Å²) in [5.41, 5.74) is -5.93. The highest BCUT2D eigenvalue weighted by atomic mass is 31.2. The largest absolute Gasteiger partial charge is 0.493 e. The molecule has 3 aliphatic heterocycles. The number of ether oxygens (including phenoxy) is 3. The van der Waals surface area contributed by atoms with Crippen LogP contribution in [-0.2, 0) is 52.2 Å². The molecule has 38 heteroatoms. The Labute approximate surface area is 830 Å². The van der Waals surface area contributed by atoms with Crippen LogP contribution in [0.15, 0.2) is 165 Å². The number of aromatic nitrogens is 12. The summed E-state index contributed by atoms with van der Waals surface area (Å²) in [4.78, 5) is 73.7. The molecule has 12 aromatic rings. The van der Waals surface area contributed by atoms with Gasteiger partial charge in [-0.3, -0.25) is 56.7 Å². The molecule has 0 saturated carbocycles. The van der Waals surface area contributed by atoms with Crippen molar-refractivity contribution in [2.75, 3.05) is 91.0 Å². The van der Waals surface area contributed by atoms with Gasteiger partial charge in [0.1, 0.15) is 90.1 Å². The van der Waals surface area contributed by atoms with Crippen molar-refractivity contribution < 1.29 is 73.1 Å². The number of likely N-dealkylation sites (tertiary alicyclic amines) is 3. The van der Waals surface area contributed by atoms with Crippen LogP contribution in [0, 0.1) is 67.4 Å². The maximum atomic E-state index is 19.2. The molecule has 0 bridgehead atoms. The van der Waals surface area contributed by atoms with Crippen LogP contribution in [0.25, 0.3) is 32.7 Å². The van der Waals surface area contributed by atoms with Gasteiger partial charge in [-0.15, -0.1) is 0 Å². The maximum Gasteiger partial charge on any atom is 0.476 e. The fourth-order valence-electron chi connectivity index (χ4n) is 22.4. The molecule has 3 aliphatic rings. The summed E-state index contributed by atoms with van der Waals surface area (Å²) in [6, 6.07) is 26.5. The third kappa shape index (κ3) is 23.1. The lowest BCUT2D eigenvalue weighted by Crippen LogP contribution is -2.69. The van der Waals surface area contributed by atoms with Gasteiger partial charge < -0.3 is 46.1 Å². The van der Waals surface area contributed by atoms with Crippen molar-refractivity contribution in [1.29, 1.82) is 0 Å². The molecular formula is C105H132F6N21O10P. The average Bonchev–Trinajstić information content (AvgIpc) is 1.68. The Balaban J connectivity index is 0.686. The molecule has 0 radical (unpaired) electrons. The zero-order valence-corrected chi connectivity index (χ0v) is 85.6. The number of amides is 3. The highest BCUT2D eigenvalue weighted by Crippen LogP contribution is 2.73. The fraction of sp³-hybridized carbons (Fsp3) is 0.486. The normalized spacial score (nSPS) is 16.4. The van der Waals surface area contributed by atoms with Crippen LogP contribution >= 0.6 is 7.82 Å². The number of phosphoric ester groups is 1. The van der Waals surface area contributed by atoms with Crippen molar-refractivity contribution in [2.45, 2.75) is 237 Å². The molecule has 3 fully saturated rings. The fourth-order valence-corrected chi connectivity index (χ4v) is 25.6. The van der Waals surface area contributed by atoms with E-state index in [0.29, 0.717) is 162 Å². The number of benzene rings is 6. The first-order chi connectivity index (χ1) is 67.6. The van der Waals surface area contributed by atoms with Crippen molar-refractivity contribution >= 4 is 110 Å². The highest BCUT2D eigenvalue weighted by Gasteiger charge is 2.71. The van der Waals surface area contributed by atoms with E-state index in [0.717, 1.165) is 57.1 Å². The summed E-state index contributed by atoms with van der Waals surface area (Å²) in [6.07, 6.45) is 20.2. The Kier molecular flexibility index (Phi) is 31.3. The SMILES string of the molecule is CC(C)(C)C(OP(=O)(OC([C@@H]1CCCN1CCCOc1ccc2c(Nc3cnn(CC(=O)Nc4cccc(F)c4F)c3)ncnc2c1)(C(C)(C)C)C(C)(C)C)OC([C@@H]1CCCN1CCCOc1ccc2c(Nc3cnn(CC(=O)Nc4cccc(F)c4F)c3)ncnc2c1)(C(C)(C)C)C(C)(C)C)([C@@H]1CCCN1CCCOc1ccc2c(Nc3cnn(CC(=O)Nc4cccc(F)c4F)c3)ncnc2c1)C(C)(C)C. The van der Waals surface area contributed by atoms with Gasteiger partial charge in [-0.2, -0.15) is 15.3 Å². The number of hydrogen-bond acceptors (Lipinski definition) is 25. The summed E-state index contributed by atoms with van der Waals surface area (Å²) in [6.45, 7) is 43.9. The molecule has 3 amide bonds. The zero-order chi connectivity index (χ0) is 103. The molecule has 6 aromatic carbocycles. The Morgan fingerprint density at radius 2 is 0.636 bits per heavy atom. The van der Waals surface area contributed by atoms with E-state index in [9.17, 15) is 40.7 Å². The van der Waals surface area contributed by atoms with Gasteiger partial charge in [-0.05, 0) is 183 Å². The number of halogens is 6. The van der Waals surface area contributed by atoms with Crippen LogP contribution in [0.1, 0.15) is 182 Å². The van der Waals surface area contributed by atoms with Crippen LogP contribution in [0.5, 0.6) is 17.2 Å². The van der Waals surface area contributed by atoms with Gasteiger partial charge in [0.15, 0.2) is 34.9 Å². The van der Waals surface area contributed by atoms with Gasteiger partial charge in [-0.25, -0.2) is 60.8 Å². The third-order valence-corrected chi connectivity index (χ3v) is 29.2. The quantitative estimate of drug-likeness (QED) is 0.0118. The minimum Gasteiger partial charge on any atom is -0.493 e. The molecule has 9 heterocycles. The van der Waals surface area contributed by atoms with E-state index in [-0.39, 0.29) is 54.8 Å². The van der Waals surface area contributed by atoms with E-state index >= 15 is 4.57 Å². The van der Waals surface area contributed by atoms with Crippen LogP contribution in [-0.4, -0.2) is 186 Å². The van der Waals surface area contributed by atoms with Gasteiger partial charge in [0.2, 0.25) is 17.7 Å². The van der Waals surface area contributed by atoms with Gasteiger partial charge in [0.25, 0.3) is 0 Å². The molecule has 0 spiro atoms. The predicted octanol–water partition coefficient (Wildman–Crippen LogP) is 21.8. The number of phosphoric acid groups is 1. The minimum absolute atomic E-state index is 0.272. The second-order valence-electron chi connectivity index (χ2n) is 43.4. The van der Waals surface area contributed by atoms with E-state index in [2.05, 4.69) is 216 Å². The average molecular weight is 1990 g/mol. The first-order valence-electron chi connectivity index (χ1n) is 48.8. The highest BCUT2D eigenvalue weighted by molar-refractivity contribution is 7.48. The second-order valence-corrected chi connectivity index (χ2v) is 44.9. The topological polar surface area (TPSA) is 336 Å². The van der Waals surface area contributed by atoms with Gasteiger partial charge >= 0.3 is 7.82 Å². The summed E-state index contributed by atoms with van der Waals surface area (Å²) in [5.74, 6) is -5.29. The van der Waals surface area contributed by atoms with Crippen LogP contribution in [0.2, 0.25) is 0 Å². The van der Waals surface area contributed by atoms with E-state index in [1.165, 1.54) is 88.0 Å². The first kappa shape index (κ1) is 105. The Morgan fingerprint density at radius 3 is 0.895 bits per heavy atom. The summed E-state index contributed by atoms with van der Waals surface area (Å²) >= 11 is 0. The van der Waals surface area contributed by atoms with E-state index in [1.807, 2.05) is 54.6 Å². The van der Waals surface area contributed by atoms with Gasteiger partial charge in [0.05, 0.1) is 89.1 Å². The van der Waals surface area contributed by atoms with Crippen molar-refractivity contribution in [1.82, 2.24) is 73.9 Å². The van der Waals surface area contributed by atoms with Crippen molar-refractivity contribution in [3.05, 3.63) is 200 Å². The first-order valence-corrected chi connectivity index (χ1v) is 50.3. The van der Waals surface area contributed by atoms with Crippen molar-refractivity contribution in [2.24, 2.45) is 32.5 Å². The smallest absolute Gasteiger partial charge is 0.476 e. The van der Waals surface area contributed by atoms with E-state index < -0.39 is 110 Å². The number of carbonyl (C=O) groups is 3. The Bertz CT molecular complexity index is 5940. The third-order valence-electron chi connectivity index (χ3n) is 27.6. The second kappa shape index (κ2) is 42.6. The standard InChI is InChI=1S/C105H132F6N21O10P/c1-97(2,3)103(98(4,5)6,85-34-22-43-127(85)46-25-49-137-70-37-40-73-82(52-70)112-64-115-94(73)121-67-55-118-130(58-67)61-88(133)124-79-31-19-28-76(106)91(79)109)140-143(136,141-104(99(7,8)9,100(10,11)12)86-35-23-44-128(86)47-26-50-138-71-38-41-74-83(53-71)113-65-116-95(74)122-68-56-119-131(59-68)62-89(134)125-80-32-20-29-77(107)92(80)110)142-105(101(13,14)15,102(16,17)18)87-36-24-45-129(87)48-27-51-139-72-39-42-75-84(54-72)114-66-117-96(75)123-69-57-120-132(60-69)63-90(135)126-81-33-21-30-78(108)93(81)111/h19-21,28-33,37-42,52-60,64-66,85-87H,22-27,34-36,43-51,61-63H2,1-18H3,(H,124,133)(H,125,134)(H,126,135)(H,112,115,121)(H,113,116,122)(H,114,117,123)/t85-,86-,87-/m0/s1. The number of nitrogens with one attached hydrogen (secondary N) is 6. The monoisotopic (exact) mass is 1990 g/mol. The number of carbonyl (C=O) groups excluding carboxylic acids is 3. The molecule has 0 aliphatic carbocycles. The Hall–Kier alpha value is -12.3. The molecule has 6 N–H and O–H groups in total. The summed E-state index contributed by atoms with van der Waals surface area (Å²) in [5, 5.41) is 32.0. The lowest BCUT2D eigenvalue weighted by molar-refractivity contribution is -0.234. The van der Waals surface area contributed by atoms with Crippen LogP contribution in [0.3, 0.4) is 0 Å². The lowest BCUT2D eigenvalue weighted by Gasteiger charge is -2.63. The Morgan fingerprint density at radius 1 is 0.371 bits per heavy atom. The molecular weight excluding hydrogens is 1860 g/mol. The lowest BCUT2D eigenvalue weighted by atomic mass is 9.58. The zero-order valence-electron chi connectivity index (χ0n) is 84.7. The summed E-state index contributed by atoms with van der Waals surface area (Å²) < 4.78 is 154. The van der Waals surface area contributed by atoms with Crippen LogP contribution < -0.4 is 46.1 Å². The van der Waals surface area contributed by atoms with E-state index in [1.54, 1.807) is 18.6 Å². The molecule has 764 valence electrons. The summed E-state index contributed by atoms with van der Waals surface area (Å²) in [7, 11) is -5.12. The van der Waals surface area contributed by atoms with Crippen molar-refractivity contribution in [3.8, 4) is 17.2 Å². The van der Waals surface area contributed by atoms with Crippen molar-refractivity contribution in [3.63, 3.8) is 0 Å². The molecule has 15 rings (SSSR count). The predicted molar refractivity (Wildman–Crippen MR) is 540 cm³/mol. The van der Waals surface area contributed by atoms with Crippen LogP contribution in [0.4, 0.5) is 77.9 Å². The van der Waals surface area contributed by atoms with Gasteiger partial charge in [0, 0.05) is 90.7 Å². The molecule has 6 aromatic heterocycles.